The summed E-state index contributed by atoms with van der Waals surface area (Å²) in [5.74, 6) is -0.126. The molecule has 0 unspecified atom stereocenters. The zero-order valence-corrected chi connectivity index (χ0v) is 15.7. The van der Waals surface area contributed by atoms with Crippen molar-refractivity contribution in [1.29, 1.82) is 0 Å². The van der Waals surface area contributed by atoms with E-state index in [2.05, 4.69) is 6.92 Å². The molecule has 1 heterocycles. The Morgan fingerprint density at radius 2 is 1.88 bits per heavy atom. The lowest BCUT2D eigenvalue weighted by Crippen LogP contribution is -2.36. The van der Waals surface area contributed by atoms with Crippen molar-refractivity contribution >= 4 is 15.9 Å². The average molecular weight is 353 g/mol. The molecular formula is C18H28N2O3S. The number of amides is 1. The molecule has 0 aromatic heterocycles. The Labute approximate surface area is 145 Å². The predicted octanol–water partition coefficient (Wildman–Crippen LogP) is 3.04. The molecule has 0 aliphatic carbocycles. The van der Waals surface area contributed by atoms with E-state index in [0.29, 0.717) is 30.8 Å². The Morgan fingerprint density at radius 3 is 2.50 bits per heavy atom. The first-order valence-corrected chi connectivity index (χ1v) is 10.2. The van der Waals surface area contributed by atoms with Gasteiger partial charge in [0.1, 0.15) is 0 Å². The van der Waals surface area contributed by atoms with Gasteiger partial charge in [-0.1, -0.05) is 25.8 Å². The summed E-state index contributed by atoms with van der Waals surface area (Å²) in [4.78, 5) is 14.5. The molecule has 0 spiro atoms. The van der Waals surface area contributed by atoms with Gasteiger partial charge in [0, 0.05) is 32.2 Å². The zero-order chi connectivity index (χ0) is 17.7. The minimum absolute atomic E-state index is 0.126. The Hall–Kier alpha value is -1.40. The quantitative estimate of drug-likeness (QED) is 0.791. The number of sulfonamides is 1. The highest BCUT2D eigenvalue weighted by atomic mass is 32.2. The van der Waals surface area contributed by atoms with E-state index >= 15 is 0 Å². The molecule has 0 atom stereocenters. The van der Waals surface area contributed by atoms with Gasteiger partial charge in [-0.05, 0) is 43.9 Å². The number of carbonyl (C=O) groups is 1. The molecule has 0 bridgehead atoms. The first-order chi connectivity index (χ1) is 11.4. The monoisotopic (exact) mass is 352 g/mol. The lowest BCUT2D eigenvalue weighted by Gasteiger charge is -2.27. The third-order valence-electron chi connectivity index (χ3n) is 4.56. The van der Waals surface area contributed by atoms with Gasteiger partial charge in [-0.3, -0.25) is 4.79 Å². The molecule has 0 N–H and O–H groups in total. The molecule has 1 saturated heterocycles. The third-order valence-corrected chi connectivity index (χ3v) is 6.60. The fraction of sp³-hybridized carbons (Fsp3) is 0.611. The first-order valence-electron chi connectivity index (χ1n) is 8.74. The molecule has 1 aromatic rings. The van der Waals surface area contributed by atoms with Gasteiger partial charge in [0.25, 0.3) is 5.91 Å². The molecule has 1 amide bonds. The normalized spacial score (nSPS) is 16.1. The highest BCUT2D eigenvalue weighted by Crippen LogP contribution is 2.24. The maximum Gasteiger partial charge on any atom is 0.253 e. The van der Waals surface area contributed by atoms with Crippen LogP contribution in [-0.4, -0.2) is 50.2 Å². The molecule has 1 aliphatic rings. The number of rotatable bonds is 6. The average Bonchev–Trinajstić information content (AvgIpc) is 2.60. The van der Waals surface area contributed by atoms with Crippen molar-refractivity contribution < 1.29 is 13.2 Å². The summed E-state index contributed by atoms with van der Waals surface area (Å²) >= 11 is 0. The second-order valence-corrected chi connectivity index (χ2v) is 8.43. The second kappa shape index (κ2) is 8.12. The van der Waals surface area contributed by atoms with E-state index in [0.717, 1.165) is 32.1 Å². The summed E-state index contributed by atoms with van der Waals surface area (Å²) in [6.07, 6.45) is 4.83. The second-order valence-electron chi connectivity index (χ2n) is 6.53. The number of carbonyl (C=O) groups excluding carboxylic acids is 1. The summed E-state index contributed by atoms with van der Waals surface area (Å²) in [5, 5.41) is 0. The minimum Gasteiger partial charge on any atom is -0.342 e. The fourth-order valence-electron chi connectivity index (χ4n) is 2.97. The van der Waals surface area contributed by atoms with Crippen LogP contribution >= 0.6 is 0 Å². The number of nitrogens with zero attached hydrogens (tertiary/aromatic N) is 2. The van der Waals surface area contributed by atoms with E-state index in [-0.39, 0.29) is 10.8 Å². The Morgan fingerprint density at radius 1 is 1.21 bits per heavy atom. The molecule has 0 saturated carbocycles. The smallest absolute Gasteiger partial charge is 0.253 e. The van der Waals surface area contributed by atoms with Crippen LogP contribution in [0.5, 0.6) is 0 Å². The largest absolute Gasteiger partial charge is 0.342 e. The van der Waals surface area contributed by atoms with E-state index in [9.17, 15) is 13.2 Å². The van der Waals surface area contributed by atoms with Crippen molar-refractivity contribution in [3.8, 4) is 0 Å². The molecule has 0 radical (unpaired) electrons. The summed E-state index contributed by atoms with van der Waals surface area (Å²) in [6, 6.07) is 5.00. The summed E-state index contributed by atoms with van der Waals surface area (Å²) < 4.78 is 27.4. The molecule has 134 valence electrons. The lowest BCUT2D eigenvalue weighted by atomic mass is 10.1. The maximum absolute atomic E-state index is 12.9. The Bertz CT molecular complexity index is 680. The number of benzene rings is 1. The van der Waals surface area contributed by atoms with E-state index < -0.39 is 10.0 Å². The van der Waals surface area contributed by atoms with Crippen molar-refractivity contribution in [2.75, 3.05) is 26.7 Å². The topological polar surface area (TPSA) is 57.7 Å². The van der Waals surface area contributed by atoms with Gasteiger partial charge in [-0.2, -0.15) is 4.31 Å². The Balaban J connectivity index is 2.29. The number of hydrogen-bond donors (Lipinski definition) is 0. The van der Waals surface area contributed by atoms with Crippen molar-refractivity contribution in [3.05, 3.63) is 29.3 Å². The number of unbranched alkanes of at least 4 members (excludes halogenated alkanes) is 1. The molecule has 2 rings (SSSR count). The lowest BCUT2D eigenvalue weighted by molar-refractivity contribution is 0.0793. The van der Waals surface area contributed by atoms with Gasteiger partial charge >= 0.3 is 0 Å². The van der Waals surface area contributed by atoms with Crippen LogP contribution in [0.15, 0.2) is 23.1 Å². The summed E-state index contributed by atoms with van der Waals surface area (Å²) in [7, 11) is -1.77. The van der Waals surface area contributed by atoms with Crippen LogP contribution < -0.4 is 0 Å². The summed E-state index contributed by atoms with van der Waals surface area (Å²) in [5.41, 5.74) is 1.13. The van der Waals surface area contributed by atoms with Crippen LogP contribution in [0, 0.1) is 6.92 Å². The highest BCUT2D eigenvalue weighted by Gasteiger charge is 2.28. The van der Waals surface area contributed by atoms with Crippen LogP contribution in [0.4, 0.5) is 0 Å². The SMILES string of the molecule is CCCCN(C)C(=O)c1ccc(C)c(S(=O)(=O)N2CCCCC2)c1. The van der Waals surface area contributed by atoms with Crippen LogP contribution in [-0.2, 0) is 10.0 Å². The van der Waals surface area contributed by atoms with Crippen LogP contribution in [0.25, 0.3) is 0 Å². The third kappa shape index (κ3) is 4.16. The fourth-order valence-corrected chi connectivity index (χ4v) is 4.74. The van der Waals surface area contributed by atoms with Gasteiger partial charge in [0.2, 0.25) is 10.0 Å². The molecule has 1 aromatic carbocycles. The molecule has 24 heavy (non-hydrogen) atoms. The van der Waals surface area contributed by atoms with Crippen molar-refractivity contribution in [2.24, 2.45) is 0 Å². The maximum atomic E-state index is 12.9. The van der Waals surface area contributed by atoms with Crippen LogP contribution in [0.2, 0.25) is 0 Å². The van der Waals surface area contributed by atoms with E-state index in [1.54, 1.807) is 41.4 Å². The molecule has 6 heteroatoms. The standard InChI is InChI=1S/C18H28N2O3S/c1-4-5-11-19(3)18(21)16-10-9-15(2)17(14-16)24(22,23)20-12-7-6-8-13-20/h9-10,14H,4-8,11-13H2,1-3H3. The highest BCUT2D eigenvalue weighted by molar-refractivity contribution is 7.89. The van der Waals surface area contributed by atoms with Gasteiger partial charge < -0.3 is 4.90 Å². The number of hydrogen-bond acceptors (Lipinski definition) is 3. The first kappa shape index (κ1) is 18.9. The molecule has 1 fully saturated rings. The van der Waals surface area contributed by atoms with Gasteiger partial charge in [0.05, 0.1) is 4.90 Å². The molecular weight excluding hydrogens is 324 g/mol. The van der Waals surface area contributed by atoms with Crippen LogP contribution in [0.1, 0.15) is 54.9 Å². The van der Waals surface area contributed by atoms with E-state index in [1.807, 2.05) is 0 Å². The van der Waals surface area contributed by atoms with Crippen molar-refractivity contribution in [3.63, 3.8) is 0 Å². The minimum atomic E-state index is -3.53. The predicted molar refractivity (Wildman–Crippen MR) is 95.7 cm³/mol. The van der Waals surface area contributed by atoms with Crippen molar-refractivity contribution in [1.82, 2.24) is 9.21 Å². The van der Waals surface area contributed by atoms with Gasteiger partial charge in [-0.25, -0.2) is 8.42 Å². The van der Waals surface area contributed by atoms with Crippen LogP contribution in [0.3, 0.4) is 0 Å². The van der Waals surface area contributed by atoms with E-state index in [4.69, 9.17) is 0 Å². The molecule has 5 nitrogen and oxygen atoms in total. The Kier molecular flexibility index (Phi) is 6.40. The number of piperidine rings is 1. The van der Waals surface area contributed by atoms with Crippen molar-refractivity contribution in [2.45, 2.75) is 50.8 Å². The van der Waals surface area contributed by atoms with Gasteiger partial charge in [0.15, 0.2) is 0 Å². The summed E-state index contributed by atoms with van der Waals surface area (Å²) in [6.45, 7) is 5.67. The number of aryl methyl sites for hydroxylation is 1. The molecule has 1 aliphatic heterocycles. The van der Waals surface area contributed by atoms with E-state index in [1.165, 1.54) is 0 Å². The van der Waals surface area contributed by atoms with Gasteiger partial charge in [-0.15, -0.1) is 0 Å². The zero-order valence-electron chi connectivity index (χ0n) is 14.9.